The van der Waals surface area contributed by atoms with Gasteiger partial charge in [-0.25, -0.2) is 4.39 Å². The smallest absolute Gasteiger partial charge is 0.150 e. The fourth-order valence-corrected chi connectivity index (χ4v) is 1.38. The summed E-state index contributed by atoms with van der Waals surface area (Å²) in [4.78, 5) is 7.79. The molecule has 2 rings (SSSR count). The molecule has 0 aliphatic carbocycles. The fourth-order valence-electron chi connectivity index (χ4n) is 1.38. The van der Waals surface area contributed by atoms with Crippen molar-refractivity contribution in [1.82, 2.24) is 9.97 Å². The first kappa shape index (κ1) is 9.58. The van der Waals surface area contributed by atoms with Crippen LogP contribution in [0.2, 0.25) is 0 Å². The fraction of sp³-hybridized carbons (Fsp3) is 0.0909. The number of nitrogens with two attached hydrogens (primary N) is 1. The van der Waals surface area contributed by atoms with Gasteiger partial charge in [-0.1, -0.05) is 0 Å². The Hall–Kier alpha value is -1.97. The van der Waals surface area contributed by atoms with Crippen molar-refractivity contribution < 1.29 is 4.39 Å². The molecule has 0 radical (unpaired) electrons. The van der Waals surface area contributed by atoms with Crippen molar-refractivity contribution in [2.24, 2.45) is 0 Å². The van der Waals surface area contributed by atoms with E-state index in [1.165, 1.54) is 6.20 Å². The van der Waals surface area contributed by atoms with E-state index in [0.717, 1.165) is 11.8 Å². The highest BCUT2D eigenvalue weighted by Crippen LogP contribution is 2.25. The molecule has 0 saturated carbocycles. The van der Waals surface area contributed by atoms with Gasteiger partial charge in [0.1, 0.15) is 0 Å². The van der Waals surface area contributed by atoms with Gasteiger partial charge in [-0.3, -0.25) is 9.97 Å². The molecule has 0 spiro atoms. The average molecular weight is 203 g/mol. The number of anilines is 1. The number of aromatic nitrogens is 2. The van der Waals surface area contributed by atoms with E-state index in [4.69, 9.17) is 5.73 Å². The summed E-state index contributed by atoms with van der Waals surface area (Å²) in [6, 6.07) is 3.32. The van der Waals surface area contributed by atoms with E-state index in [1.807, 2.05) is 6.92 Å². The standard InChI is InChI=1S/C11H10FN3/c1-7-4-10(13)11(15-5-7)8-2-3-14-6-9(8)12/h2-6H,13H2,1H3. The highest BCUT2D eigenvalue weighted by molar-refractivity contribution is 5.72. The van der Waals surface area contributed by atoms with Crippen LogP contribution in [0.3, 0.4) is 0 Å². The number of aryl methyl sites for hydroxylation is 1. The van der Waals surface area contributed by atoms with Crippen LogP contribution >= 0.6 is 0 Å². The van der Waals surface area contributed by atoms with E-state index in [0.29, 0.717) is 16.9 Å². The Morgan fingerprint density at radius 2 is 2.13 bits per heavy atom. The highest BCUT2D eigenvalue weighted by Gasteiger charge is 2.09. The number of hydrogen-bond acceptors (Lipinski definition) is 3. The first-order valence-corrected chi connectivity index (χ1v) is 4.50. The molecule has 0 amide bonds. The van der Waals surface area contributed by atoms with Gasteiger partial charge in [0.25, 0.3) is 0 Å². The summed E-state index contributed by atoms with van der Waals surface area (Å²) in [6.07, 6.45) is 4.32. The molecule has 15 heavy (non-hydrogen) atoms. The van der Waals surface area contributed by atoms with Crippen LogP contribution in [-0.4, -0.2) is 9.97 Å². The molecule has 3 nitrogen and oxygen atoms in total. The number of nitrogen functional groups attached to an aromatic ring is 1. The number of rotatable bonds is 1. The molecule has 0 bridgehead atoms. The molecule has 2 N–H and O–H groups in total. The summed E-state index contributed by atoms with van der Waals surface area (Å²) >= 11 is 0. The van der Waals surface area contributed by atoms with Gasteiger partial charge in [-0.15, -0.1) is 0 Å². The van der Waals surface area contributed by atoms with E-state index < -0.39 is 5.82 Å². The van der Waals surface area contributed by atoms with E-state index >= 15 is 0 Å². The molecule has 4 heteroatoms. The Kier molecular flexibility index (Phi) is 2.33. The zero-order valence-corrected chi connectivity index (χ0v) is 8.24. The lowest BCUT2D eigenvalue weighted by Crippen LogP contribution is -1.96. The van der Waals surface area contributed by atoms with Crippen LogP contribution in [0, 0.1) is 12.7 Å². The van der Waals surface area contributed by atoms with Gasteiger partial charge in [-0.05, 0) is 24.6 Å². The van der Waals surface area contributed by atoms with Crippen LogP contribution in [0.25, 0.3) is 11.3 Å². The summed E-state index contributed by atoms with van der Waals surface area (Å²) in [7, 11) is 0. The average Bonchev–Trinajstić information content (AvgIpc) is 2.20. The molecule has 2 aromatic rings. The minimum atomic E-state index is -0.416. The van der Waals surface area contributed by atoms with E-state index in [-0.39, 0.29) is 0 Å². The molecular formula is C11H10FN3. The number of hydrogen-bond donors (Lipinski definition) is 1. The maximum Gasteiger partial charge on any atom is 0.150 e. The largest absolute Gasteiger partial charge is 0.397 e. The lowest BCUT2D eigenvalue weighted by Gasteiger charge is -2.05. The van der Waals surface area contributed by atoms with Crippen molar-refractivity contribution in [3.8, 4) is 11.3 Å². The zero-order valence-electron chi connectivity index (χ0n) is 8.24. The van der Waals surface area contributed by atoms with Gasteiger partial charge < -0.3 is 5.73 Å². The third-order valence-electron chi connectivity index (χ3n) is 2.08. The molecule has 0 atom stereocenters. The summed E-state index contributed by atoms with van der Waals surface area (Å²) in [5.74, 6) is -0.416. The van der Waals surface area contributed by atoms with Crippen molar-refractivity contribution in [3.05, 3.63) is 42.1 Å². The summed E-state index contributed by atoms with van der Waals surface area (Å²) in [5.41, 5.74) is 8.03. The van der Waals surface area contributed by atoms with Gasteiger partial charge in [0.05, 0.1) is 17.6 Å². The van der Waals surface area contributed by atoms with Crippen LogP contribution in [0.5, 0.6) is 0 Å². The Morgan fingerprint density at radius 1 is 1.33 bits per heavy atom. The molecule has 2 aromatic heterocycles. The minimum Gasteiger partial charge on any atom is -0.397 e. The quantitative estimate of drug-likeness (QED) is 0.772. The first-order chi connectivity index (χ1) is 7.18. The summed E-state index contributed by atoms with van der Waals surface area (Å²) < 4.78 is 13.4. The van der Waals surface area contributed by atoms with Gasteiger partial charge >= 0.3 is 0 Å². The second-order valence-electron chi connectivity index (χ2n) is 3.31. The van der Waals surface area contributed by atoms with Gasteiger partial charge in [-0.2, -0.15) is 0 Å². The van der Waals surface area contributed by atoms with E-state index in [1.54, 1.807) is 18.3 Å². The molecular weight excluding hydrogens is 193 g/mol. The number of nitrogens with zero attached hydrogens (tertiary/aromatic N) is 2. The van der Waals surface area contributed by atoms with Crippen LogP contribution < -0.4 is 5.73 Å². The first-order valence-electron chi connectivity index (χ1n) is 4.50. The van der Waals surface area contributed by atoms with Crippen molar-refractivity contribution in [1.29, 1.82) is 0 Å². The molecule has 0 aliphatic rings. The molecule has 0 aromatic carbocycles. The summed E-state index contributed by atoms with van der Waals surface area (Å²) in [6.45, 7) is 1.88. The van der Waals surface area contributed by atoms with Crippen LogP contribution in [0.1, 0.15) is 5.56 Å². The Labute approximate surface area is 86.8 Å². The second-order valence-corrected chi connectivity index (χ2v) is 3.31. The van der Waals surface area contributed by atoms with Crippen molar-refractivity contribution in [2.75, 3.05) is 5.73 Å². The van der Waals surface area contributed by atoms with Crippen LogP contribution in [-0.2, 0) is 0 Å². The minimum absolute atomic E-state index is 0.377. The Morgan fingerprint density at radius 3 is 2.80 bits per heavy atom. The monoisotopic (exact) mass is 203 g/mol. The number of halogens is 1. The maximum atomic E-state index is 13.4. The molecule has 2 heterocycles. The van der Waals surface area contributed by atoms with Gasteiger partial charge in [0, 0.05) is 18.0 Å². The molecule has 0 unspecified atom stereocenters. The summed E-state index contributed by atoms with van der Waals surface area (Å²) in [5, 5.41) is 0. The molecule has 0 aliphatic heterocycles. The van der Waals surface area contributed by atoms with E-state index in [2.05, 4.69) is 9.97 Å². The highest BCUT2D eigenvalue weighted by atomic mass is 19.1. The van der Waals surface area contributed by atoms with Crippen molar-refractivity contribution in [2.45, 2.75) is 6.92 Å². The molecule has 76 valence electrons. The van der Waals surface area contributed by atoms with Crippen molar-refractivity contribution in [3.63, 3.8) is 0 Å². The van der Waals surface area contributed by atoms with Crippen LogP contribution in [0.4, 0.5) is 10.1 Å². The topological polar surface area (TPSA) is 51.8 Å². The second kappa shape index (κ2) is 3.65. The Bertz CT molecular complexity index is 497. The van der Waals surface area contributed by atoms with E-state index in [9.17, 15) is 4.39 Å². The third kappa shape index (κ3) is 1.79. The number of pyridine rings is 2. The van der Waals surface area contributed by atoms with Crippen molar-refractivity contribution >= 4 is 5.69 Å². The predicted octanol–water partition coefficient (Wildman–Crippen LogP) is 2.17. The molecule has 0 saturated heterocycles. The Balaban J connectivity index is 2.60. The SMILES string of the molecule is Cc1cnc(-c2ccncc2F)c(N)c1. The predicted molar refractivity (Wildman–Crippen MR) is 56.6 cm³/mol. The maximum absolute atomic E-state index is 13.4. The van der Waals surface area contributed by atoms with Gasteiger partial charge in [0.15, 0.2) is 5.82 Å². The third-order valence-corrected chi connectivity index (χ3v) is 2.08. The van der Waals surface area contributed by atoms with Gasteiger partial charge in [0.2, 0.25) is 0 Å². The van der Waals surface area contributed by atoms with Crippen LogP contribution in [0.15, 0.2) is 30.7 Å². The lowest BCUT2D eigenvalue weighted by atomic mass is 10.1. The zero-order chi connectivity index (χ0) is 10.8. The lowest BCUT2D eigenvalue weighted by molar-refractivity contribution is 0.624. The normalized spacial score (nSPS) is 10.3. The molecule has 0 fully saturated rings.